The molecule has 1 unspecified atom stereocenters. The van der Waals surface area contributed by atoms with Gasteiger partial charge in [-0.3, -0.25) is 24.0 Å². The number of pyridine rings is 1. The van der Waals surface area contributed by atoms with Crippen LogP contribution < -0.4 is 10.5 Å². The summed E-state index contributed by atoms with van der Waals surface area (Å²) < 4.78 is 2.15. The number of piperazine rings is 1. The molecule has 2 saturated heterocycles. The van der Waals surface area contributed by atoms with Gasteiger partial charge in [0.2, 0.25) is 0 Å². The lowest BCUT2D eigenvalue weighted by Crippen LogP contribution is -2.48. The van der Waals surface area contributed by atoms with E-state index in [9.17, 15) is 14.9 Å². The van der Waals surface area contributed by atoms with Crippen molar-refractivity contribution in [3.8, 4) is 6.07 Å². The van der Waals surface area contributed by atoms with Crippen molar-refractivity contribution in [1.29, 1.82) is 5.26 Å². The first-order valence-electron chi connectivity index (χ1n) is 14.2. The summed E-state index contributed by atoms with van der Waals surface area (Å²) in [6.45, 7) is 10.8. The smallest absolute Gasteiger partial charge is 0.270 e. The lowest BCUT2D eigenvalue weighted by atomic mass is 9.99. The zero-order valence-electron chi connectivity index (χ0n) is 24.0. The second kappa shape index (κ2) is 13.6. The minimum Gasteiger partial charge on any atom is -0.355 e. The number of hydrogen-bond donors (Lipinski definition) is 0. The van der Waals surface area contributed by atoms with E-state index in [4.69, 9.17) is 12.2 Å². The van der Waals surface area contributed by atoms with Crippen molar-refractivity contribution >= 4 is 46.1 Å². The molecule has 212 valence electrons. The third kappa shape index (κ3) is 6.51. The molecule has 1 aromatic heterocycles. The topological polar surface area (TPSA) is 72.6 Å². The number of thiocarbonyl (C=S) groups is 1. The molecule has 7 nitrogen and oxygen atoms in total. The van der Waals surface area contributed by atoms with E-state index < -0.39 is 0 Å². The SMILES string of the molecule is CCCCC(CC)CN1C(=O)/C(=C\c2c(C)c(C#N)c(=O)n(C)c2N2CCN(Cc3ccccc3)CC2)SC1=S. The zero-order valence-corrected chi connectivity index (χ0v) is 25.6. The Hall–Kier alpha value is -2.93. The molecule has 0 N–H and O–H groups in total. The molecule has 40 heavy (non-hydrogen) atoms. The highest BCUT2D eigenvalue weighted by Gasteiger charge is 2.34. The largest absolute Gasteiger partial charge is 0.355 e. The van der Waals surface area contributed by atoms with Crippen molar-refractivity contribution in [1.82, 2.24) is 14.4 Å². The second-order valence-corrected chi connectivity index (χ2v) is 12.3. The van der Waals surface area contributed by atoms with Gasteiger partial charge < -0.3 is 4.90 Å². The van der Waals surface area contributed by atoms with Gasteiger partial charge in [0.25, 0.3) is 11.5 Å². The Labute approximate surface area is 247 Å². The lowest BCUT2D eigenvalue weighted by Gasteiger charge is -2.37. The lowest BCUT2D eigenvalue weighted by molar-refractivity contribution is -0.122. The molecule has 1 aromatic carbocycles. The fraction of sp³-hybridized carbons (Fsp3) is 0.484. The minimum atomic E-state index is -0.312. The molecule has 2 aliphatic heterocycles. The molecule has 4 rings (SSSR count). The number of carbonyl (C=O) groups excluding carboxylic acids is 1. The molecule has 0 spiro atoms. The number of thioether (sulfide) groups is 1. The third-order valence-electron chi connectivity index (χ3n) is 8.02. The van der Waals surface area contributed by atoms with E-state index in [1.54, 1.807) is 23.4 Å². The number of carbonyl (C=O) groups is 1. The zero-order chi connectivity index (χ0) is 28.8. The van der Waals surface area contributed by atoms with Crippen molar-refractivity contribution in [2.24, 2.45) is 13.0 Å². The summed E-state index contributed by atoms with van der Waals surface area (Å²) in [6.07, 6.45) is 6.20. The van der Waals surface area contributed by atoms with E-state index in [0.717, 1.165) is 69.8 Å². The number of unbranched alkanes of at least 4 members (excludes halogenated alkanes) is 1. The predicted molar refractivity (Wildman–Crippen MR) is 168 cm³/mol. The first kappa shape index (κ1) is 30.0. The number of nitrogens with zero attached hydrogens (tertiary/aromatic N) is 5. The van der Waals surface area contributed by atoms with E-state index >= 15 is 0 Å². The van der Waals surface area contributed by atoms with E-state index in [1.165, 1.54) is 17.3 Å². The van der Waals surface area contributed by atoms with Gasteiger partial charge in [-0.25, -0.2) is 0 Å². The summed E-state index contributed by atoms with van der Waals surface area (Å²) in [7, 11) is 1.72. The Kier molecular flexibility index (Phi) is 10.2. The van der Waals surface area contributed by atoms with Gasteiger partial charge in [0.15, 0.2) is 0 Å². The highest BCUT2D eigenvalue weighted by molar-refractivity contribution is 8.26. The maximum Gasteiger partial charge on any atom is 0.270 e. The molecule has 0 bridgehead atoms. The van der Waals surface area contributed by atoms with Crippen LogP contribution in [0.1, 0.15) is 61.8 Å². The van der Waals surface area contributed by atoms with Crippen molar-refractivity contribution in [2.45, 2.75) is 53.0 Å². The first-order valence-corrected chi connectivity index (χ1v) is 15.4. The van der Waals surface area contributed by atoms with E-state index in [-0.39, 0.29) is 17.0 Å². The Morgan fingerprint density at radius 2 is 1.82 bits per heavy atom. The van der Waals surface area contributed by atoms with Crippen LogP contribution in [0, 0.1) is 24.2 Å². The highest BCUT2D eigenvalue weighted by Crippen LogP contribution is 2.36. The summed E-state index contributed by atoms with van der Waals surface area (Å²) in [5.41, 5.74) is 2.43. The quantitative estimate of drug-likeness (QED) is 0.280. The number of amides is 1. The van der Waals surface area contributed by atoms with Crippen LogP contribution in [0.4, 0.5) is 5.82 Å². The van der Waals surface area contributed by atoms with Crippen molar-refractivity contribution in [3.63, 3.8) is 0 Å². The third-order valence-corrected chi connectivity index (χ3v) is 9.40. The van der Waals surface area contributed by atoms with Gasteiger partial charge >= 0.3 is 0 Å². The van der Waals surface area contributed by atoms with Gasteiger partial charge in [-0.15, -0.1) is 0 Å². The van der Waals surface area contributed by atoms with E-state index in [1.807, 2.05) is 12.1 Å². The maximum absolute atomic E-state index is 13.6. The van der Waals surface area contributed by atoms with Crippen molar-refractivity contribution < 1.29 is 4.79 Å². The number of nitriles is 1. The summed E-state index contributed by atoms with van der Waals surface area (Å²) in [4.78, 5) is 33.6. The Balaban J connectivity index is 1.63. The summed E-state index contributed by atoms with van der Waals surface area (Å²) in [5, 5.41) is 9.81. The molecule has 0 aliphatic carbocycles. The second-order valence-electron chi connectivity index (χ2n) is 10.7. The molecule has 1 amide bonds. The Bertz CT molecular complexity index is 1370. The number of hydrogen-bond acceptors (Lipinski definition) is 7. The van der Waals surface area contributed by atoms with Crippen LogP contribution in [0.15, 0.2) is 40.0 Å². The molecule has 2 aliphatic rings. The molecular weight excluding hydrogens is 539 g/mol. The minimum absolute atomic E-state index is 0.0876. The van der Waals surface area contributed by atoms with Crippen LogP contribution in [0.25, 0.3) is 6.08 Å². The van der Waals surface area contributed by atoms with Crippen molar-refractivity contribution in [2.75, 3.05) is 37.6 Å². The van der Waals surface area contributed by atoms with Crippen LogP contribution >= 0.6 is 24.0 Å². The van der Waals surface area contributed by atoms with E-state index in [0.29, 0.717) is 27.3 Å². The number of aromatic nitrogens is 1. The molecule has 1 atom stereocenters. The standard InChI is InChI=1S/C31H39N5O2S2/c1-5-7-11-23(6-2)21-36-30(38)27(40-31(36)39)18-25-22(3)26(19-32)29(37)33(4)28(25)35-16-14-34(15-17-35)20-24-12-9-8-10-13-24/h8-10,12-13,18,23H,5-7,11,14-17,20-21H2,1-4H3/b27-18+. The average Bonchev–Trinajstić information content (AvgIpc) is 3.22. The number of benzene rings is 1. The molecule has 0 saturated carbocycles. The fourth-order valence-electron chi connectivity index (χ4n) is 5.52. The number of rotatable bonds is 10. The van der Waals surface area contributed by atoms with Crippen LogP contribution in [0.5, 0.6) is 0 Å². The van der Waals surface area contributed by atoms with Gasteiger partial charge in [0.1, 0.15) is 21.8 Å². The van der Waals surface area contributed by atoms with Crippen LogP contribution in [0.2, 0.25) is 0 Å². The Morgan fingerprint density at radius 3 is 2.45 bits per heavy atom. The summed E-state index contributed by atoms with van der Waals surface area (Å²) in [5.74, 6) is 1.07. The van der Waals surface area contributed by atoms with Gasteiger partial charge in [-0.2, -0.15) is 5.26 Å². The molecular formula is C31H39N5O2S2. The highest BCUT2D eigenvalue weighted by atomic mass is 32.2. The average molecular weight is 578 g/mol. The van der Waals surface area contributed by atoms with Crippen LogP contribution in [0.3, 0.4) is 0 Å². The maximum atomic E-state index is 13.6. The Morgan fingerprint density at radius 1 is 1.12 bits per heavy atom. The molecule has 2 fully saturated rings. The van der Waals surface area contributed by atoms with Crippen molar-refractivity contribution in [3.05, 3.63) is 67.8 Å². The van der Waals surface area contributed by atoms with Gasteiger partial charge in [-0.05, 0) is 36.5 Å². The number of anilines is 1. The molecule has 9 heteroatoms. The molecule has 2 aromatic rings. The normalized spacial score (nSPS) is 18.0. The summed E-state index contributed by atoms with van der Waals surface area (Å²) >= 11 is 6.96. The predicted octanol–water partition coefficient (Wildman–Crippen LogP) is 5.31. The van der Waals surface area contributed by atoms with Gasteiger partial charge in [0.05, 0.1) is 4.91 Å². The van der Waals surface area contributed by atoms with Gasteiger partial charge in [0, 0.05) is 51.9 Å². The molecule has 3 heterocycles. The summed E-state index contributed by atoms with van der Waals surface area (Å²) in [6, 6.07) is 12.5. The molecule has 0 radical (unpaired) electrons. The van der Waals surface area contributed by atoms with Crippen LogP contribution in [-0.4, -0.2) is 57.3 Å². The fourth-order valence-corrected chi connectivity index (χ4v) is 6.77. The van der Waals surface area contributed by atoms with E-state index in [2.05, 4.69) is 54.0 Å². The van der Waals surface area contributed by atoms with Gasteiger partial charge in [-0.1, -0.05) is 87.4 Å². The monoisotopic (exact) mass is 577 g/mol. The van der Waals surface area contributed by atoms with Crippen LogP contribution in [-0.2, 0) is 18.4 Å². The first-order chi connectivity index (χ1) is 19.3.